The maximum Gasteiger partial charge on any atom is 0.307 e. The summed E-state index contributed by atoms with van der Waals surface area (Å²) in [7, 11) is 1.53. The van der Waals surface area contributed by atoms with Crippen molar-refractivity contribution in [1.29, 1.82) is 0 Å². The van der Waals surface area contributed by atoms with Gasteiger partial charge in [-0.2, -0.15) is 0 Å². The van der Waals surface area contributed by atoms with Crippen LogP contribution in [0.2, 0.25) is 0 Å². The zero-order valence-corrected chi connectivity index (χ0v) is 14.9. The van der Waals surface area contributed by atoms with Gasteiger partial charge in [0.2, 0.25) is 0 Å². The SMILES string of the molecule is CCOC(=O)CCN(CCC(=O)OCC)CCC(=O)OCCOC. The zero-order valence-electron chi connectivity index (χ0n) is 14.9. The number of esters is 3. The number of ether oxygens (including phenoxy) is 4. The van der Waals surface area contributed by atoms with Crippen molar-refractivity contribution >= 4 is 17.9 Å². The van der Waals surface area contributed by atoms with Crippen molar-refractivity contribution in [2.24, 2.45) is 0 Å². The highest BCUT2D eigenvalue weighted by Crippen LogP contribution is 2.01. The van der Waals surface area contributed by atoms with Gasteiger partial charge in [-0.25, -0.2) is 0 Å². The lowest BCUT2D eigenvalue weighted by Gasteiger charge is -2.21. The average molecular weight is 347 g/mol. The van der Waals surface area contributed by atoms with Crippen LogP contribution in [0.15, 0.2) is 0 Å². The van der Waals surface area contributed by atoms with Gasteiger partial charge in [-0.1, -0.05) is 0 Å². The Labute approximate surface area is 143 Å². The van der Waals surface area contributed by atoms with Crippen LogP contribution in [0.3, 0.4) is 0 Å². The molecule has 0 radical (unpaired) electrons. The van der Waals surface area contributed by atoms with Crippen LogP contribution in [0.25, 0.3) is 0 Å². The summed E-state index contributed by atoms with van der Waals surface area (Å²) in [5.74, 6) is -0.952. The molecule has 0 aliphatic rings. The van der Waals surface area contributed by atoms with E-state index in [4.69, 9.17) is 18.9 Å². The molecule has 0 saturated carbocycles. The van der Waals surface area contributed by atoms with Crippen molar-refractivity contribution in [2.75, 3.05) is 53.2 Å². The molecule has 0 aliphatic carbocycles. The van der Waals surface area contributed by atoms with Gasteiger partial charge < -0.3 is 23.8 Å². The average Bonchev–Trinajstić information content (AvgIpc) is 2.55. The molecule has 0 aromatic heterocycles. The number of carbonyl (C=O) groups is 3. The highest BCUT2D eigenvalue weighted by atomic mass is 16.6. The van der Waals surface area contributed by atoms with Gasteiger partial charge in [-0.15, -0.1) is 0 Å². The largest absolute Gasteiger partial charge is 0.466 e. The van der Waals surface area contributed by atoms with E-state index in [1.807, 2.05) is 4.90 Å². The molecule has 0 fully saturated rings. The molecule has 24 heavy (non-hydrogen) atoms. The minimum atomic E-state index is -0.343. The van der Waals surface area contributed by atoms with E-state index in [1.165, 1.54) is 7.11 Å². The molecule has 0 saturated heterocycles. The molecule has 0 aliphatic heterocycles. The topological polar surface area (TPSA) is 91.4 Å². The van der Waals surface area contributed by atoms with Crippen LogP contribution in [0.5, 0.6) is 0 Å². The third-order valence-corrected chi connectivity index (χ3v) is 3.06. The monoisotopic (exact) mass is 347 g/mol. The molecule has 0 aromatic rings. The quantitative estimate of drug-likeness (QED) is 0.259. The molecule has 0 bridgehead atoms. The maximum absolute atomic E-state index is 11.6. The fourth-order valence-corrected chi connectivity index (χ4v) is 1.86. The van der Waals surface area contributed by atoms with Crippen LogP contribution < -0.4 is 0 Å². The molecule has 0 spiro atoms. The van der Waals surface area contributed by atoms with Crippen LogP contribution in [-0.2, 0) is 33.3 Å². The van der Waals surface area contributed by atoms with E-state index in [9.17, 15) is 14.4 Å². The lowest BCUT2D eigenvalue weighted by molar-refractivity contribution is -0.145. The molecule has 0 aromatic carbocycles. The summed E-state index contributed by atoms with van der Waals surface area (Å²) < 4.78 is 19.6. The summed E-state index contributed by atoms with van der Waals surface area (Å²) >= 11 is 0. The van der Waals surface area contributed by atoms with E-state index in [2.05, 4.69) is 0 Å². The minimum Gasteiger partial charge on any atom is -0.466 e. The first kappa shape index (κ1) is 22.3. The molecule has 8 heteroatoms. The molecule has 8 nitrogen and oxygen atoms in total. The predicted octanol–water partition coefficient (Wildman–Crippen LogP) is 0.775. The normalized spacial score (nSPS) is 10.5. The van der Waals surface area contributed by atoms with Crippen LogP contribution >= 0.6 is 0 Å². The van der Waals surface area contributed by atoms with Crippen molar-refractivity contribution in [1.82, 2.24) is 4.90 Å². The van der Waals surface area contributed by atoms with Gasteiger partial charge in [0.25, 0.3) is 0 Å². The molecule has 0 atom stereocenters. The van der Waals surface area contributed by atoms with Crippen LogP contribution in [0, 0.1) is 0 Å². The highest BCUT2D eigenvalue weighted by Gasteiger charge is 2.14. The number of rotatable bonds is 14. The number of methoxy groups -OCH3 is 1. The van der Waals surface area contributed by atoms with Crippen molar-refractivity contribution in [3.05, 3.63) is 0 Å². The summed E-state index contributed by atoms with van der Waals surface area (Å²) in [6, 6.07) is 0. The summed E-state index contributed by atoms with van der Waals surface area (Å²) in [6.07, 6.45) is 0.583. The van der Waals surface area contributed by atoms with Gasteiger partial charge in [0.05, 0.1) is 39.1 Å². The fraction of sp³-hybridized carbons (Fsp3) is 0.812. The Morgan fingerprint density at radius 2 is 1.12 bits per heavy atom. The Morgan fingerprint density at radius 3 is 1.50 bits per heavy atom. The third kappa shape index (κ3) is 12.8. The lowest BCUT2D eigenvalue weighted by atomic mass is 10.3. The Morgan fingerprint density at radius 1 is 0.708 bits per heavy atom. The van der Waals surface area contributed by atoms with Crippen LogP contribution in [-0.4, -0.2) is 76.0 Å². The molecule has 0 amide bonds. The Bertz CT molecular complexity index is 351. The molecule has 0 rings (SSSR count). The number of hydrogen-bond acceptors (Lipinski definition) is 8. The van der Waals surface area contributed by atoms with Gasteiger partial charge in [-0.3, -0.25) is 14.4 Å². The maximum atomic E-state index is 11.6. The van der Waals surface area contributed by atoms with Crippen molar-refractivity contribution < 1.29 is 33.3 Å². The molecular formula is C16H29NO7. The van der Waals surface area contributed by atoms with Crippen molar-refractivity contribution in [3.8, 4) is 0 Å². The van der Waals surface area contributed by atoms with E-state index < -0.39 is 0 Å². The summed E-state index contributed by atoms with van der Waals surface area (Å²) in [6.45, 7) is 5.90. The zero-order chi connectivity index (χ0) is 18.2. The van der Waals surface area contributed by atoms with E-state index >= 15 is 0 Å². The standard InChI is InChI=1S/C16H29NO7/c1-4-22-14(18)6-9-17(10-7-15(19)23-5-2)11-8-16(20)24-13-12-21-3/h4-13H2,1-3H3. The molecule has 0 heterocycles. The summed E-state index contributed by atoms with van der Waals surface area (Å²) in [5, 5.41) is 0. The summed E-state index contributed by atoms with van der Waals surface area (Å²) in [4.78, 5) is 36.4. The minimum absolute atomic E-state index is 0.176. The van der Waals surface area contributed by atoms with E-state index in [0.717, 1.165) is 0 Å². The van der Waals surface area contributed by atoms with Gasteiger partial charge >= 0.3 is 17.9 Å². The fourth-order valence-electron chi connectivity index (χ4n) is 1.86. The first-order valence-corrected chi connectivity index (χ1v) is 8.21. The number of nitrogens with zero attached hydrogens (tertiary/aromatic N) is 1. The number of hydrogen-bond donors (Lipinski definition) is 0. The van der Waals surface area contributed by atoms with Gasteiger partial charge in [0.1, 0.15) is 6.61 Å². The second-order valence-corrected chi connectivity index (χ2v) is 4.91. The Hall–Kier alpha value is -1.67. The van der Waals surface area contributed by atoms with E-state index in [1.54, 1.807) is 13.8 Å². The van der Waals surface area contributed by atoms with Gasteiger partial charge in [0, 0.05) is 26.7 Å². The Balaban J connectivity index is 4.26. The predicted molar refractivity (Wildman–Crippen MR) is 86.4 cm³/mol. The van der Waals surface area contributed by atoms with Gasteiger partial charge in [-0.05, 0) is 13.8 Å². The van der Waals surface area contributed by atoms with Gasteiger partial charge in [0.15, 0.2) is 0 Å². The second kappa shape index (κ2) is 14.9. The first-order valence-electron chi connectivity index (χ1n) is 8.21. The van der Waals surface area contributed by atoms with E-state index in [0.29, 0.717) is 39.5 Å². The van der Waals surface area contributed by atoms with Crippen LogP contribution in [0.4, 0.5) is 0 Å². The van der Waals surface area contributed by atoms with Crippen molar-refractivity contribution in [2.45, 2.75) is 33.1 Å². The highest BCUT2D eigenvalue weighted by molar-refractivity contribution is 5.71. The lowest BCUT2D eigenvalue weighted by Crippen LogP contribution is -2.32. The molecule has 140 valence electrons. The third-order valence-electron chi connectivity index (χ3n) is 3.06. The van der Waals surface area contributed by atoms with E-state index in [-0.39, 0.29) is 43.8 Å². The smallest absolute Gasteiger partial charge is 0.307 e. The van der Waals surface area contributed by atoms with Crippen LogP contribution in [0.1, 0.15) is 33.1 Å². The molecular weight excluding hydrogens is 318 g/mol. The summed E-state index contributed by atoms with van der Waals surface area (Å²) in [5.41, 5.74) is 0. The molecule has 0 unspecified atom stereocenters. The first-order chi connectivity index (χ1) is 11.5. The molecule has 0 N–H and O–H groups in total. The van der Waals surface area contributed by atoms with Crippen molar-refractivity contribution in [3.63, 3.8) is 0 Å². The second-order valence-electron chi connectivity index (χ2n) is 4.91. The Kier molecular flexibility index (Phi) is 13.9. The number of carbonyl (C=O) groups excluding carboxylic acids is 3.